The highest BCUT2D eigenvalue weighted by atomic mass is 19.1. The van der Waals surface area contributed by atoms with Crippen LogP contribution in [0.5, 0.6) is 0 Å². The molecule has 0 atom stereocenters. The third kappa shape index (κ3) is 2.07. The van der Waals surface area contributed by atoms with Crippen LogP contribution in [-0.2, 0) is 0 Å². The topological polar surface area (TPSA) is 40.5 Å². The largest absolute Gasteiger partial charge is 0.478 e. The van der Waals surface area contributed by atoms with Crippen LogP contribution in [-0.4, -0.2) is 24.2 Å². The average molecular weight is 251 g/mol. The Morgan fingerprint density at radius 1 is 1.39 bits per heavy atom. The maximum Gasteiger partial charge on any atom is 0.337 e. The van der Waals surface area contributed by atoms with Gasteiger partial charge in [0.05, 0.1) is 11.3 Å². The van der Waals surface area contributed by atoms with Crippen molar-refractivity contribution in [2.24, 2.45) is 5.41 Å². The summed E-state index contributed by atoms with van der Waals surface area (Å²) < 4.78 is 13.3. The Kier molecular flexibility index (Phi) is 3.28. The molecule has 1 fully saturated rings. The van der Waals surface area contributed by atoms with E-state index in [0.29, 0.717) is 5.69 Å². The van der Waals surface area contributed by atoms with E-state index >= 15 is 0 Å². The number of rotatable bonds is 4. The zero-order valence-electron chi connectivity index (χ0n) is 10.7. The molecule has 1 N–H and O–H groups in total. The fourth-order valence-corrected chi connectivity index (χ4v) is 2.58. The quantitative estimate of drug-likeness (QED) is 0.893. The van der Waals surface area contributed by atoms with Crippen LogP contribution in [0.25, 0.3) is 0 Å². The van der Waals surface area contributed by atoms with E-state index in [9.17, 15) is 9.18 Å². The molecule has 0 amide bonds. The molecule has 4 heteroatoms. The number of nitrogens with zero attached hydrogens (tertiary/aromatic N) is 1. The van der Waals surface area contributed by atoms with Gasteiger partial charge in [-0.15, -0.1) is 0 Å². The number of carbonyl (C=O) groups is 1. The molecule has 0 spiro atoms. The summed E-state index contributed by atoms with van der Waals surface area (Å²) in [4.78, 5) is 13.1. The fourth-order valence-electron chi connectivity index (χ4n) is 2.58. The minimum Gasteiger partial charge on any atom is -0.478 e. The molecule has 0 aliphatic carbocycles. The third-order valence-corrected chi connectivity index (χ3v) is 4.08. The van der Waals surface area contributed by atoms with Gasteiger partial charge in [-0.1, -0.05) is 13.8 Å². The van der Waals surface area contributed by atoms with E-state index in [1.54, 1.807) is 0 Å². The first-order chi connectivity index (χ1) is 8.51. The van der Waals surface area contributed by atoms with Crippen LogP contribution < -0.4 is 4.90 Å². The molecule has 3 nitrogen and oxygen atoms in total. The van der Waals surface area contributed by atoms with Gasteiger partial charge in [0.25, 0.3) is 0 Å². The second kappa shape index (κ2) is 4.59. The number of benzene rings is 1. The van der Waals surface area contributed by atoms with E-state index in [0.717, 1.165) is 25.9 Å². The molecule has 1 aromatic rings. The molecule has 2 rings (SSSR count). The summed E-state index contributed by atoms with van der Waals surface area (Å²) in [6.45, 7) is 5.91. The van der Waals surface area contributed by atoms with Crippen molar-refractivity contribution in [2.45, 2.75) is 26.7 Å². The zero-order chi connectivity index (χ0) is 13.3. The summed E-state index contributed by atoms with van der Waals surface area (Å²) in [6, 6.07) is 3.85. The van der Waals surface area contributed by atoms with Crippen molar-refractivity contribution in [2.75, 3.05) is 18.0 Å². The second-order valence-electron chi connectivity index (χ2n) is 5.03. The van der Waals surface area contributed by atoms with Gasteiger partial charge in [-0.25, -0.2) is 9.18 Å². The third-order valence-electron chi connectivity index (χ3n) is 4.08. The van der Waals surface area contributed by atoms with Crippen molar-refractivity contribution >= 4 is 11.7 Å². The van der Waals surface area contributed by atoms with Crippen molar-refractivity contribution in [1.29, 1.82) is 0 Å². The van der Waals surface area contributed by atoms with Gasteiger partial charge in [0.2, 0.25) is 0 Å². The maximum atomic E-state index is 13.3. The smallest absolute Gasteiger partial charge is 0.337 e. The van der Waals surface area contributed by atoms with E-state index in [-0.39, 0.29) is 16.8 Å². The van der Waals surface area contributed by atoms with Gasteiger partial charge in [0.1, 0.15) is 5.82 Å². The number of halogens is 1. The van der Waals surface area contributed by atoms with Crippen LogP contribution in [0.2, 0.25) is 0 Å². The highest BCUT2D eigenvalue weighted by Crippen LogP contribution is 2.41. The molecule has 0 radical (unpaired) electrons. The zero-order valence-corrected chi connectivity index (χ0v) is 10.7. The highest BCUT2D eigenvalue weighted by molar-refractivity contribution is 5.94. The van der Waals surface area contributed by atoms with E-state index in [4.69, 9.17) is 5.11 Å². The summed E-state index contributed by atoms with van der Waals surface area (Å²) >= 11 is 0. The molecule has 1 saturated heterocycles. The van der Waals surface area contributed by atoms with Gasteiger partial charge < -0.3 is 10.0 Å². The number of hydrogen-bond acceptors (Lipinski definition) is 2. The molecule has 18 heavy (non-hydrogen) atoms. The lowest BCUT2D eigenvalue weighted by atomic mass is 9.74. The Balaban J connectivity index is 2.25. The predicted octanol–water partition coefficient (Wildman–Crippen LogP) is 3.15. The van der Waals surface area contributed by atoms with E-state index < -0.39 is 5.97 Å². The standard InChI is InChI=1S/C14H18FNO2/c1-3-14(4-2)8-16(9-14)12-7-10(15)5-6-11(12)13(17)18/h5-7H,3-4,8-9H2,1-2H3,(H,17,18). The van der Waals surface area contributed by atoms with Crippen molar-refractivity contribution < 1.29 is 14.3 Å². The minimum absolute atomic E-state index is 0.178. The minimum atomic E-state index is -1.00. The molecule has 1 heterocycles. The van der Waals surface area contributed by atoms with Gasteiger partial charge >= 0.3 is 5.97 Å². The number of hydrogen-bond donors (Lipinski definition) is 1. The predicted molar refractivity (Wildman–Crippen MR) is 68.6 cm³/mol. The monoisotopic (exact) mass is 251 g/mol. The highest BCUT2D eigenvalue weighted by Gasteiger charge is 2.41. The SMILES string of the molecule is CCC1(CC)CN(c2cc(F)ccc2C(=O)O)C1. The molecule has 0 unspecified atom stereocenters. The Labute approximate surface area is 106 Å². The molecule has 0 bridgehead atoms. The van der Waals surface area contributed by atoms with Gasteiger partial charge in [-0.2, -0.15) is 0 Å². The van der Waals surface area contributed by atoms with Gasteiger partial charge in [-0.3, -0.25) is 0 Å². The first-order valence-electron chi connectivity index (χ1n) is 6.29. The molecule has 1 aliphatic heterocycles. The molecule has 1 aliphatic rings. The molecular weight excluding hydrogens is 233 g/mol. The average Bonchev–Trinajstić information content (AvgIpc) is 2.28. The number of aromatic carboxylic acids is 1. The fraction of sp³-hybridized carbons (Fsp3) is 0.500. The molecule has 98 valence electrons. The lowest BCUT2D eigenvalue weighted by Crippen LogP contribution is -2.56. The van der Waals surface area contributed by atoms with Crippen molar-refractivity contribution in [3.63, 3.8) is 0 Å². The molecule has 0 aromatic heterocycles. The lowest BCUT2D eigenvalue weighted by Gasteiger charge is -2.51. The van der Waals surface area contributed by atoms with Crippen LogP contribution in [0.15, 0.2) is 18.2 Å². The number of anilines is 1. The Bertz CT molecular complexity index is 461. The van der Waals surface area contributed by atoms with E-state index in [1.165, 1.54) is 18.2 Å². The maximum absolute atomic E-state index is 13.3. The van der Waals surface area contributed by atoms with Crippen molar-refractivity contribution in [1.82, 2.24) is 0 Å². The van der Waals surface area contributed by atoms with Crippen LogP contribution >= 0.6 is 0 Å². The van der Waals surface area contributed by atoms with Crippen LogP contribution in [0.3, 0.4) is 0 Å². The first kappa shape index (κ1) is 12.9. The Morgan fingerprint density at radius 3 is 2.50 bits per heavy atom. The second-order valence-corrected chi connectivity index (χ2v) is 5.03. The normalized spacial score (nSPS) is 17.4. The summed E-state index contributed by atoms with van der Waals surface area (Å²) in [5.74, 6) is -1.39. The van der Waals surface area contributed by atoms with Gasteiger partial charge in [-0.05, 0) is 31.0 Å². The lowest BCUT2D eigenvalue weighted by molar-refractivity contribution is 0.0696. The number of carboxylic acids is 1. The first-order valence-corrected chi connectivity index (χ1v) is 6.29. The van der Waals surface area contributed by atoms with Crippen LogP contribution in [0.4, 0.5) is 10.1 Å². The Hall–Kier alpha value is -1.58. The van der Waals surface area contributed by atoms with E-state index in [1.807, 2.05) is 4.90 Å². The summed E-state index contributed by atoms with van der Waals surface area (Å²) in [6.07, 6.45) is 2.13. The van der Waals surface area contributed by atoms with Crippen molar-refractivity contribution in [3.05, 3.63) is 29.6 Å². The van der Waals surface area contributed by atoms with Gasteiger partial charge in [0.15, 0.2) is 0 Å². The molecule has 0 saturated carbocycles. The van der Waals surface area contributed by atoms with Crippen LogP contribution in [0, 0.1) is 11.2 Å². The summed E-state index contributed by atoms with van der Waals surface area (Å²) in [7, 11) is 0. The summed E-state index contributed by atoms with van der Waals surface area (Å²) in [5, 5.41) is 9.12. The number of carboxylic acid groups (broad SMARTS) is 1. The van der Waals surface area contributed by atoms with Crippen molar-refractivity contribution in [3.8, 4) is 0 Å². The summed E-state index contributed by atoms with van der Waals surface area (Å²) in [5.41, 5.74) is 0.944. The molecular formula is C14H18FNO2. The van der Waals surface area contributed by atoms with Gasteiger partial charge in [0, 0.05) is 18.5 Å². The van der Waals surface area contributed by atoms with Crippen LogP contribution in [0.1, 0.15) is 37.0 Å². The molecule has 1 aromatic carbocycles. The van der Waals surface area contributed by atoms with E-state index in [2.05, 4.69) is 13.8 Å². The Morgan fingerprint density at radius 2 is 2.00 bits per heavy atom.